The first-order valence-corrected chi connectivity index (χ1v) is 15.8. The summed E-state index contributed by atoms with van der Waals surface area (Å²) in [7, 11) is 0. The largest absolute Gasteiger partial charge is 0.416 e. The highest BCUT2D eigenvalue weighted by Gasteiger charge is 2.65. The van der Waals surface area contributed by atoms with E-state index < -0.39 is 67.2 Å². The third kappa shape index (κ3) is 4.81. The van der Waals surface area contributed by atoms with Crippen molar-refractivity contribution in [3.63, 3.8) is 0 Å². The van der Waals surface area contributed by atoms with Crippen LogP contribution < -0.4 is 5.32 Å². The van der Waals surface area contributed by atoms with Gasteiger partial charge in [0, 0.05) is 31.4 Å². The molecule has 1 atom stereocenters. The number of fused-ring (bicyclic) bond motifs is 2. The van der Waals surface area contributed by atoms with Gasteiger partial charge in [0.15, 0.2) is 5.54 Å². The molecule has 11 nitrogen and oxygen atoms in total. The molecule has 1 N–H and O–H groups in total. The Bertz CT molecular complexity index is 1780. The van der Waals surface area contributed by atoms with Crippen LogP contribution in [0.25, 0.3) is 11.1 Å². The summed E-state index contributed by atoms with van der Waals surface area (Å²) in [6.45, 7) is 0.366. The predicted octanol–water partition coefficient (Wildman–Crippen LogP) is 3.00. The van der Waals surface area contributed by atoms with Gasteiger partial charge >= 0.3 is 12.2 Å². The molecule has 0 radical (unpaired) electrons. The van der Waals surface area contributed by atoms with Crippen molar-refractivity contribution in [1.82, 2.24) is 29.8 Å². The number of carbonyl (C=O) groups excluding carboxylic acids is 3. The third-order valence-electron chi connectivity index (χ3n) is 10.4. The molecule has 8 rings (SSSR count). The van der Waals surface area contributed by atoms with Gasteiger partial charge in [0.1, 0.15) is 17.9 Å². The molecule has 4 saturated heterocycles. The maximum atomic E-state index is 14.4. The molecule has 0 saturated carbocycles. The number of halogens is 4. The Kier molecular flexibility index (Phi) is 7.16. The van der Waals surface area contributed by atoms with E-state index in [-0.39, 0.29) is 18.0 Å². The van der Waals surface area contributed by atoms with Crippen LogP contribution in [0.4, 0.5) is 22.4 Å². The number of nitrogens with one attached hydrogen (secondary N) is 1. The summed E-state index contributed by atoms with van der Waals surface area (Å²) in [4.78, 5) is 44.5. The zero-order valence-corrected chi connectivity index (χ0v) is 25.7. The van der Waals surface area contributed by atoms with Gasteiger partial charge in [0.05, 0.1) is 44.7 Å². The van der Waals surface area contributed by atoms with Crippen LogP contribution >= 0.6 is 0 Å². The molecule has 5 aliphatic rings. The van der Waals surface area contributed by atoms with Crippen LogP contribution in [0.5, 0.6) is 0 Å². The maximum Gasteiger partial charge on any atom is 0.416 e. The fraction of sp³-hybridized carbons (Fsp3) is 0.455. The first kappa shape index (κ1) is 31.0. The van der Waals surface area contributed by atoms with E-state index in [2.05, 4.69) is 15.3 Å². The summed E-state index contributed by atoms with van der Waals surface area (Å²) in [5, 5.41) is 7.32. The van der Waals surface area contributed by atoms with Gasteiger partial charge in [-0.1, -0.05) is 30.3 Å². The minimum absolute atomic E-state index is 0.239. The van der Waals surface area contributed by atoms with E-state index in [1.165, 1.54) is 12.1 Å². The SMILES string of the molecule is O=C1N[C@]2(CCc3cc(-c4cnn(C5CN(C6COC6)C5)c4)ccc32)C(=O)N1CC(=O)N(Cc1ccc(F)cc1)C1(C(F)(F)F)COC1. The first-order chi connectivity index (χ1) is 23.0. The van der Waals surface area contributed by atoms with Crippen molar-refractivity contribution in [3.8, 4) is 11.1 Å². The quantitative estimate of drug-likeness (QED) is 0.291. The molecule has 15 heteroatoms. The number of aromatic nitrogens is 2. The summed E-state index contributed by atoms with van der Waals surface area (Å²) in [6, 6.07) is 10.2. The number of rotatable bonds is 8. The van der Waals surface area contributed by atoms with Crippen LogP contribution in [0.1, 0.15) is 29.2 Å². The monoisotopic (exact) mass is 668 g/mol. The zero-order chi connectivity index (χ0) is 33.4. The Hall–Kier alpha value is -4.34. The average Bonchev–Trinajstić information content (AvgIpc) is 3.66. The number of ether oxygens (including phenoxy) is 2. The molecule has 3 aromatic rings. The smallest absolute Gasteiger partial charge is 0.378 e. The van der Waals surface area contributed by atoms with Crippen LogP contribution in [0.15, 0.2) is 54.9 Å². The van der Waals surface area contributed by atoms with Crippen molar-refractivity contribution in [2.45, 2.75) is 48.7 Å². The van der Waals surface area contributed by atoms with Gasteiger partial charge in [-0.3, -0.25) is 24.1 Å². The lowest BCUT2D eigenvalue weighted by atomic mass is 9.90. The number of hydrogen-bond acceptors (Lipinski definition) is 7. The molecule has 1 aromatic heterocycles. The Morgan fingerprint density at radius 1 is 1.02 bits per heavy atom. The minimum Gasteiger partial charge on any atom is -0.378 e. The topological polar surface area (TPSA) is 109 Å². The van der Waals surface area contributed by atoms with Crippen LogP contribution in [0.2, 0.25) is 0 Å². The van der Waals surface area contributed by atoms with Crippen molar-refractivity contribution >= 4 is 17.8 Å². The minimum atomic E-state index is -4.86. The molecular formula is C33H32F4N6O5. The highest BCUT2D eigenvalue weighted by molar-refractivity contribution is 6.10. The number of urea groups is 1. The number of carbonyl (C=O) groups is 3. The Labute approximate surface area is 272 Å². The van der Waals surface area contributed by atoms with Gasteiger partial charge in [0.2, 0.25) is 5.91 Å². The molecule has 48 heavy (non-hydrogen) atoms. The number of alkyl halides is 3. The summed E-state index contributed by atoms with van der Waals surface area (Å²) >= 11 is 0. The van der Waals surface area contributed by atoms with Crippen LogP contribution in [0, 0.1) is 5.82 Å². The summed E-state index contributed by atoms with van der Waals surface area (Å²) < 4.78 is 68.8. The molecule has 0 bridgehead atoms. The number of nitrogens with zero attached hydrogens (tertiary/aromatic N) is 5. The number of imide groups is 1. The van der Waals surface area contributed by atoms with Crippen molar-refractivity contribution in [2.24, 2.45) is 0 Å². The second-order valence-corrected chi connectivity index (χ2v) is 13.2. The molecule has 4 fully saturated rings. The molecule has 2 aromatic carbocycles. The van der Waals surface area contributed by atoms with Crippen LogP contribution in [0.3, 0.4) is 0 Å². The fourth-order valence-corrected chi connectivity index (χ4v) is 7.29. The van der Waals surface area contributed by atoms with Crippen LogP contribution in [-0.2, 0) is 37.6 Å². The number of aryl methyl sites for hydroxylation is 1. The lowest BCUT2D eigenvalue weighted by Crippen LogP contribution is -2.72. The van der Waals surface area contributed by atoms with Crippen LogP contribution in [-0.4, -0.2) is 106 Å². The molecule has 1 aliphatic carbocycles. The van der Waals surface area contributed by atoms with E-state index in [9.17, 15) is 31.9 Å². The average molecular weight is 669 g/mol. The highest BCUT2D eigenvalue weighted by atomic mass is 19.4. The summed E-state index contributed by atoms with van der Waals surface area (Å²) in [5.74, 6) is -2.36. The number of likely N-dealkylation sites (tertiary alicyclic amines) is 1. The number of hydrogen-bond donors (Lipinski definition) is 1. The molecule has 5 heterocycles. The van der Waals surface area contributed by atoms with Crippen molar-refractivity contribution in [1.29, 1.82) is 0 Å². The normalized spacial score (nSPS) is 23.9. The second kappa shape index (κ2) is 11.1. The van der Waals surface area contributed by atoms with E-state index >= 15 is 0 Å². The first-order valence-electron chi connectivity index (χ1n) is 15.8. The Balaban J connectivity index is 0.999. The maximum absolute atomic E-state index is 14.4. The molecule has 0 unspecified atom stereocenters. The van der Waals surface area contributed by atoms with E-state index in [0.29, 0.717) is 27.8 Å². The van der Waals surface area contributed by atoms with Gasteiger partial charge in [-0.2, -0.15) is 18.3 Å². The Morgan fingerprint density at radius 3 is 2.42 bits per heavy atom. The van der Waals surface area contributed by atoms with Gasteiger partial charge in [-0.05, 0) is 47.2 Å². The van der Waals surface area contributed by atoms with Gasteiger partial charge in [0.25, 0.3) is 5.91 Å². The second-order valence-electron chi connectivity index (χ2n) is 13.2. The molecule has 252 valence electrons. The number of amides is 4. The van der Waals surface area contributed by atoms with E-state index in [1.807, 2.05) is 23.0 Å². The van der Waals surface area contributed by atoms with Crippen molar-refractivity contribution in [2.75, 3.05) is 46.1 Å². The lowest BCUT2D eigenvalue weighted by molar-refractivity contribution is -0.302. The number of benzene rings is 2. The van der Waals surface area contributed by atoms with E-state index in [1.54, 1.807) is 12.3 Å². The molecule has 1 spiro atoms. The van der Waals surface area contributed by atoms with Crippen molar-refractivity contribution in [3.05, 3.63) is 77.4 Å². The summed E-state index contributed by atoms with van der Waals surface area (Å²) in [5.41, 5.74) is -0.575. The van der Waals surface area contributed by atoms with Crippen molar-refractivity contribution < 1.29 is 41.4 Å². The lowest BCUT2D eigenvalue weighted by Gasteiger charge is -2.50. The van der Waals surface area contributed by atoms with E-state index in [4.69, 9.17) is 9.47 Å². The van der Waals surface area contributed by atoms with E-state index in [0.717, 1.165) is 55.1 Å². The highest BCUT2D eigenvalue weighted by Crippen LogP contribution is 2.45. The Morgan fingerprint density at radius 2 is 1.77 bits per heavy atom. The van der Waals surface area contributed by atoms with Gasteiger partial charge in [-0.15, -0.1) is 0 Å². The predicted molar refractivity (Wildman–Crippen MR) is 160 cm³/mol. The molecule has 4 aliphatic heterocycles. The molecular weight excluding hydrogens is 636 g/mol. The standard InChI is InChI=1S/C33H32F4N6O5/c34-24-4-1-20(2-5-24)11-42(31(18-48-19-31)33(35,36)37)28(44)15-41-29(45)32(39-30(41)46)8-7-22-9-21(3-6-27(22)32)23-10-38-43(12-23)25-13-40(14-25)26-16-47-17-26/h1-6,9-10,12,25-26H,7-8,11,13-19H2,(H,39,46)/t32-/m0/s1. The molecule has 4 amide bonds. The van der Waals surface area contributed by atoms with Gasteiger partial charge < -0.3 is 19.7 Å². The third-order valence-corrected chi connectivity index (χ3v) is 10.4. The zero-order valence-electron chi connectivity index (χ0n) is 25.7. The summed E-state index contributed by atoms with van der Waals surface area (Å²) in [6.07, 6.45) is -0.349. The van der Waals surface area contributed by atoms with Gasteiger partial charge in [-0.25, -0.2) is 9.18 Å². The fourth-order valence-electron chi connectivity index (χ4n) is 7.29.